The van der Waals surface area contributed by atoms with Gasteiger partial charge in [-0.05, 0) is 18.1 Å². The molecule has 0 aromatic heterocycles. The summed E-state index contributed by atoms with van der Waals surface area (Å²) in [6.07, 6.45) is 7.50. The van der Waals surface area contributed by atoms with E-state index in [-0.39, 0.29) is 5.78 Å². The average Bonchev–Trinajstić information content (AvgIpc) is 2.71. The maximum atomic E-state index is 12.5. The fourth-order valence-corrected chi connectivity index (χ4v) is 3.67. The van der Waals surface area contributed by atoms with E-state index in [0.29, 0.717) is 27.9 Å². The van der Waals surface area contributed by atoms with Gasteiger partial charge in [0.15, 0.2) is 5.78 Å². The second-order valence-electron chi connectivity index (χ2n) is 5.73. The van der Waals surface area contributed by atoms with Gasteiger partial charge in [-0.3, -0.25) is 4.79 Å². The Balaban J connectivity index is 2.13. The van der Waals surface area contributed by atoms with Gasteiger partial charge in [0.2, 0.25) is 0 Å². The molecule has 2 nitrogen and oxygen atoms in total. The molecule has 0 aliphatic heterocycles. The Labute approximate surface area is 136 Å². The van der Waals surface area contributed by atoms with E-state index in [9.17, 15) is 10.1 Å². The van der Waals surface area contributed by atoms with Gasteiger partial charge in [-0.15, -0.1) is 0 Å². The molecular formula is C17H19Cl2NO. The number of carbonyl (C=O) groups is 1. The Bertz CT molecular complexity index is 522. The number of nitriles is 1. The monoisotopic (exact) mass is 323 g/mol. The van der Waals surface area contributed by atoms with E-state index in [1.54, 1.807) is 18.2 Å². The minimum absolute atomic E-state index is 0.0561. The van der Waals surface area contributed by atoms with E-state index in [1.807, 2.05) is 0 Å². The van der Waals surface area contributed by atoms with Crippen LogP contribution in [0.3, 0.4) is 0 Å². The molecule has 112 valence electrons. The number of rotatable bonds is 4. The van der Waals surface area contributed by atoms with Crippen molar-refractivity contribution >= 4 is 29.0 Å². The third-order valence-corrected chi connectivity index (χ3v) is 4.86. The highest BCUT2D eigenvalue weighted by Crippen LogP contribution is 2.34. The molecule has 1 aliphatic rings. The summed E-state index contributed by atoms with van der Waals surface area (Å²) in [5.74, 6) is -0.508. The number of carbonyl (C=O) groups excluding carboxylic acids is 1. The van der Waals surface area contributed by atoms with Gasteiger partial charge in [-0.25, -0.2) is 0 Å². The van der Waals surface area contributed by atoms with E-state index in [0.717, 1.165) is 12.8 Å². The van der Waals surface area contributed by atoms with Crippen LogP contribution in [0.1, 0.15) is 56.4 Å². The summed E-state index contributed by atoms with van der Waals surface area (Å²) in [5.41, 5.74) is 0.460. The van der Waals surface area contributed by atoms with Crippen LogP contribution >= 0.6 is 23.2 Å². The molecule has 1 unspecified atom stereocenters. The van der Waals surface area contributed by atoms with E-state index >= 15 is 0 Å². The number of Topliss-reactive ketones (excluding diaryl/α,β-unsaturated/α-hetero) is 1. The molecule has 0 saturated heterocycles. The summed E-state index contributed by atoms with van der Waals surface area (Å²) in [6, 6.07) is 7.15. The van der Waals surface area contributed by atoms with Gasteiger partial charge in [0.05, 0.1) is 6.07 Å². The molecule has 0 radical (unpaired) electrons. The summed E-state index contributed by atoms with van der Waals surface area (Å²) < 4.78 is 0. The van der Waals surface area contributed by atoms with E-state index in [4.69, 9.17) is 23.2 Å². The normalized spacial score (nSPS) is 17.8. The minimum Gasteiger partial charge on any atom is -0.298 e. The number of nitrogens with zero attached hydrogens (tertiary/aromatic N) is 1. The number of hydrogen-bond acceptors (Lipinski definition) is 2. The molecule has 0 spiro atoms. The van der Waals surface area contributed by atoms with Crippen molar-refractivity contribution in [1.29, 1.82) is 5.26 Å². The van der Waals surface area contributed by atoms with Crippen LogP contribution in [0.15, 0.2) is 18.2 Å². The highest BCUT2D eigenvalue weighted by molar-refractivity contribution is 6.36. The van der Waals surface area contributed by atoms with Gasteiger partial charge in [0.1, 0.15) is 5.92 Å². The molecule has 1 aromatic carbocycles. The molecule has 1 saturated carbocycles. The maximum absolute atomic E-state index is 12.5. The Hall–Kier alpha value is -1.04. The largest absolute Gasteiger partial charge is 0.298 e. The predicted molar refractivity (Wildman–Crippen MR) is 85.6 cm³/mol. The summed E-state index contributed by atoms with van der Waals surface area (Å²) in [4.78, 5) is 12.5. The van der Waals surface area contributed by atoms with Crippen LogP contribution in [-0.2, 0) is 4.79 Å². The fourth-order valence-electron chi connectivity index (χ4n) is 3.05. The van der Waals surface area contributed by atoms with Gasteiger partial charge in [-0.1, -0.05) is 67.8 Å². The van der Waals surface area contributed by atoms with Crippen LogP contribution in [0.4, 0.5) is 0 Å². The first kappa shape index (κ1) is 16.3. The third-order valence-electron chi connectivity index (χ3n) is 4.20. The van der Waals surface area contributed by atoms with Crippen LogP contribution in [0.2, 0.25) is 10.0 Å². The zero-order valence-electron chi connectivity index (χ0n) is 11.9. The summed E-state index contributed by atoms with van der Waals surface area (Å²) >= 11 is 12.3. The van der Waals surface area contributed by atoms with Crippen molar-refractivity contribution in [2.45, 2.75) is 50.9 Å². The molecule has 1 fully saturated rings. The number of ketones is 1. The van der Waals surface area contributed by atoms with Gasteiger partial charge in [0, 0.05) is 22.0 Å². The summed E-state index contributed by atoms with van der Waals surface area (Å²) in [5, 5.41) is 10.2. The van der Waals surface area contributed by atoms with Gasteiger partial charge in [0.25, 0.3) is 0 Å². The minimum atomic E-state index is -0.852. The zero-order chi connectivity index (χ0) is 15.2. The van der Waals surface area contributed by atoms with Crippen molar-refractivity contribution in [1.82, 2.24) is 0 Å². The average molecular weight is 324 g/mol. The zero-order valence-corrected chi connectivity index (χ0v) is 13.5. The molecular weight excluding hydrogens is 305 g/mol. The van der Waals surface area contributed by atoms with E-state index in [1.165, 1.54) is 25.7 Å². The van der Waals surface area contributed by atoms with E-state index in [2.05, 4.69) is 6.07 Å². The van der Waals surface area contributed by atoms with Crippen molar-refractivity contribution in [3.05, 3.63) is 33.8 Å². The Morgan fingerprint density at radius 3 is 2.29 bits per heavy atom. The van der Waals surface area contributed by atoms with E-state index < -0.39 is 5.92 Å². The van der Waals surface area contributed by atoms with Crippen LogP contribution in [0.5, 0.6) is 0 Å². The van der Waals surface area contributed by atoms with Crippen molar-refractivity contribution in [2.75, 3.05) is 0 Å². The fraction of sp³-hybridized carbons (Fsp3) is 0.529. The lowest BCUT2D eigenvalue weighted by atomic mass is 9.87. The quantitative estimate of drug-likeness (QED) is 0.683. The predicted octanol–water partition coefficient (Wildman–Crippen LogP) is 5.53. The standard InChI is InChI=1S/C17H19Cl2NO/c18-14-8-5-9-15(19)17(14)13(11-20)16(21)10-12-6-3-1-2-4-7-12/h5,8-9,12-13H,1-4,6-7,10H2. The van der Waals surface area contributed by atoms with Crippen LogP contribution in [0.25, 0.3) is 0 Å². The first-order valence-corrected chi connectivity index (χ1v) is 8.25. The molecule has 2 rings (SSSR count). The summed E-state index contributed by atoms with van der Waals surface area (Å²) in [6.45, 7) is 0. The van der Waals surface area contributed by atoms with Gasteiger partial charge < -0.3 is 0 Å². The number of halogens is 2. The second kappa shape index (κ2) is 7.82. The topological polar surface area (TPSA) is 40.9 Å². The van der Waals surface area contributed by atoms with Crippen LogP contribution in [0, 0.1) is 17.2 Å². The molecule has 0 amide bonds. The molecule has 0 bridgehead atoms. The maximum Gasteiger partial charge on any atom is 0.154 e. The third kappa shape index (κ3) is 4.22. The second-order valence-corrected chi connectivity index (χ2v) is 6.54. The molecule has 4 heteroatoms. The molecule has 21 heavy (non-hydrogen) atoms. The highest BCUT2D eigenvalue weighted by atomic mass is 35.5. The van der Waals surface area contributed by atoms with Crippen molar-refractivity contribution < 1.29 is 4.79 Å². The Morgan fingerprint density at radius 1 is 1.19 bits per heavy atom. The number of benzene rings is 1. The smallest absolute Gasteiger partial charge is 0.154 e. The first-order valence-electron chi connectivity index (χ1n) is 7.49. The molecule has 0 heterocycles. The Morgan fingerprint density at radius 2 is 1.76 bits per heavy atom. The van der Waals surface area contributed by atoms with Gasteiger partial charge >= 0.3 is 0 Å². The molecule has 0 N–H and O–H groups in total. The van der Waals surface area contributed by atoms with Crippen molar-refractivity contribution in [3.63, 3.8) is 0 Å². The Kier molecular flexibility index (Phi) is 6.08. The lowest BCUT2D eigenvalue weighted by Gasteiger charge is -2.17. The SMILES string of the molecule is N#CC(C(=O)CC1CCCCCC1)c1c(Cl)cccc1Cl. The van der Waals surface area contributed by atoms with Gasteiger partial charge in [-0.2, -0.15) is 5.26 Å². The van der Waals surface area contributed by atoms with Crippen molar-refractivity contribution in [3.8, 4) is 6.07 Å². The summed E-state index contributed by atoms with van der Waals surface area (Å²) in [7, 11) is 0. The first-order chi connectivity index (χ1) is 10.1. The molecule has 1 aliphatic carbocycles. The lowest BCUT2D eigenvalue weighted by Crippen LogP contribution is -2.16. The van der Waals surface area contributed by atoms with Crippen LogP contribution in [-0.4, -0.2) is 5.78 Å². The number of hydrogen-bond donors (Lipinski definition) is 0. The molecule has 1 atom stereocenters. The van der Waals surface area contributed by atoms with Crippen LogP contribution < -0.4 is 0 Å². The highest BCUT2D eigenvalue weighted by Gasteiger charge is 2.27. The lowest BCUT2D eigenvalue weighted by molar-refractivity contribution is -0.120. The molecule has 1 aromatic rings. The van der Waals surface area contributed by atoms with Crippen molar-refractivity contribution in [2.24, 2.45) is 5.92 Å².